The number of aliphatic hydroxyl groups is 1. The number of carbonyl (C=O) groups is 1. The molecule has 3 aromatic rings. The first-order valence-electron chi connectivity index (χ1n) is 12.2. The summed E-state index contributed by atoms with van der Waals surface area (Å²) in [4.78, 5) is 48.6. The van der Waals surface area contributed by atoms with Crippen molar-refractivity contribution in [3.63, 3.8) is 0 Å². The van der Waals surface area contributed by atoms with Crippen molar-refractivity contribution in [2.45, 2.75) is 37.4 Å². The Balaban J connectivity index is 1.24. The minimum absolute atomic E-state index is 0.00955. The van der Waals surface area contributed by atoms with Crippen molar-refractivity contribution < 1.29 is 33.6 Å². The zero-order chi connectivity index (χ0) is 28.4. The normalized spacial score (nSPS) is 23.8. The van der Waals surface area contributed by atoms with Crippen LogP contribution in [0.15, 0.2) is 40.6 Å². The van der Waals surface area contributed by atoms with E-state index in [4.69, 9.17) is 35.3 Å². The molecule has 2 aliphatic heterocycles. The molecule has 2 fully saturated rings. The molecule has 0 radical (unpaired) electrons. The topological polar surface area (TPSA) is 233 Å². The van der Waals surface area contributed by atoms with Gasteiger partial charge in [0, 0.05) is 12.7 Å². The average molecular weight is 561 g/mol. The molecule has 214 valence electrons. The number of anilines is 2. The molecule has 2 saturated heterocycles. The van der Waals surface area contributed by atoms with Crippen LogP contribution in [0.5, 0.6) is 0 Å². The highest BCUT2D eigenvalue weighted by atomic mass is 16.8. The molecule has 2 aliphatic rings. The molecule has 7 N–H and O–H groups in total. The number of allylic oxidation sites excluding steroid dienone is 1. The SMILES string of the molecule is C=CCn1c(=O)n([C@@H]2O[C@H](CO)[C@H]3OC(COCCOC(=O)c4ccc(NN)nc4)O[C@H]32)c2nc(N)[nH]c(=O)c21. The summed E-state index contributed by atoms with van der Waals surface area (Å²) < 4.78 is 30.9. The standard InChI is InChI=1S/C23H28N8O9/c1-2-5-30-15-18(27-22(24)28-19(15)33)31(23(30)35)20-17-16(12(9-32)38-20)39-14(40-17)10-36-6-7-37-21(34)11-3-4-13(29-25)26-8-11/h2-4,8,12,14,16-17,20,32H,1,5-7,9-10,25H2,(H,26,29)(H3,24,27,28,33)/t12-,14?,16-,17-,20-/m1/s1. The van der Waals surface area contributed by atoms with Crippen LogP contribution in [0.2, 0.25) is 0 Å². The molecule has 17 nitrogen and oxygen atoms in total. The van der Waals surface area contributed by atoms with Crippen molar-refractivity contribution in [1.82, 2.24) is 24.1 Å². The van der Waals surface area contributed by atoms with Gasteiger partial charge in [0.2, 0.25) is 5.95 Å². The number of hydrogen-bond acceptors (Lipinski definition) is 14. The maximum Gasteiger partial charge on any atom is 0.339 e. The number of aromatic amines is 1. The number of nitrogens with zero attached hydrogens (tertiary/aromatic N) is 4. The molecular weight excluding hydrogens is 532 g/mol. The molecule has 0 saturated carbocycles. The minimum atomic E-state index is -1.09. The molecule has 5 heterocycles. The molecule has 0 spiro atoms. The van der Waals surface area contributed by atoms with Crippen molar-refractivity contribution in [3.05, 3.63) is 57.4 Å². The molecule has 5 atom stereocenters. The predicted octanol–water partition coefficient (Wildman–Crippen LogP) is -1.79. The Labute approximate surface area is 225 Å². The smallest absolute Gasteiger partial charge is 0.339 e. The number of pyridine rings is 1. The summed E-state index contributed by atoms with van der Waals surface area (Å²) in [7, 11) is 0. The summed E-state index contributed by atoms with van der Waals surface area (Å²) in [6.07, 6.45) is -1.59. The second-order valence-electron chi connectivity index (χ2n) is 8.84. The van der Waals surface area contributed by atoms with Gasteiger partial charge in [0.1, 0.15) is 30.7 Å². The third kappa shape index (κ3) is 5.08. The first-order valence-corrected chi connectivity index (χ1v) is 12.2. The summed E-state index contributed by atoms with van der Waals surface area (Å²) in [6, 6.07) is 3.05. The lowest BCUT2D eigenvalue weighted by Gasteiger charge is -2.20. The summed E-state index contributed by atoms with van der Waals surface area (Å²) in [5.41, 5.74) is 7.13. The number of rotatable bonds is 11. The van der Waals surface area contributed by atoms with E-state index in [9.17, 15) is 19.5 Å². The monoisotopic (exact) mass is 560 g/mol. The zero-order valence-electron chi connectivity index (χ0n) is 21.1. The fraction of sp³-hybridized carbons (Fsp3) is 0.435. The van der Waals surface area contributed by atoms with E-state index < -0.39 is 54.7 Å². The Morgan fingerprint density at radius 2 is 2.05 bits per heavy atom. The van der Waals surface area contributed by atoms with Crippen LogP contribution in [0, 0.1) is 0 Å². The van der Waals surface area contributed by atoms with E-state index in [0.717, 1.165) is 4.57 Å². The number of fused-ring (bicyclic) bond motifs is 2. The van der Waals surface area contributed by atoms with Crippen LogP contribution in [-0.4, -0.2) is 86.2 Å². The van der Waals surface area contributed by atoms with Crippen molar-refractivity contribution in [2.24, 2.45) is 5.84 Å². The van der Waals surface area contributed by atoms with Crippen LogP contribution in [0.3, 0.4) is 0 Å². The van der Waals surface area contributed by atoms with E-state index in [1.807, 2.05) is 0 Å². The molecule has 40 heavy (non-hydrogen) atoms. The largest absolute Gasteiger partial charge is 0.460 e. The maximum atomic E-state index is 13.4. The second kappa shape index (κ2) is 11.5. The predicted molar refractivity (Wildman–Crippen MR) is 137 cm³/mol. The quantitative estimate of drug-likeness (QED) is 0.0573. The summed E-state index contributed by atoms with van der Waals surface area (Å²) in [6.45, 7) is 3.22. The molecule has 1 unspecified atom stereocenters. The van der Waals surface area contributed by atoms with Gasteiger partial charge in [-0.1, -0.05) is 6.08 Å². The number of H-pyrrole nitrogens is 1. The van der Waals surface area contributed by atoms with Gasteiger partial charge in [0.15, 0.2) is 23.7 Å². The molecule has 0 aromatic carbocycles. The molecule has 5 rings (SSSR count). The highest BCUT2D eigenvalue weighted by Gasteiger charge is 2.54. The fourth-order valence-corrected chi connectivity index (χ4v) is 4.62. The lowest BCUT2D eigenvalue weighted by molar-refractivity contribution is -0.171. The van der Waals surface area contributed by atoms with Gasteiger partial charge in [-0.05, 0) is 12.1 Å². The summed E-state index contributed by atoms with van der Waals surface area (Å²) in [5, 5.41) is 9.89. The van der Waals surface area contributed by atoms with Gasteiger partial charge in [0.05, 0.1) is 25.4 Å². The van der Waals surface area contributed by atoms with Crippen LogP contribution < -0.4 is 28.3 Å². The number of nitrogens with two attached hydrogens (primary N) is 2. The van der Waals surface area contributed by atoms with Crippen LogP contribution in [0.1, 0.15) is 16.6 Å². The minimum Gasteiger partial charge on any atom is -0.460 e. The molecule has 3 aromatic heterocycles. The van der Waals surface area contributed by atoms with Gasteiger partial charge in [-0.15, -0.1) is 6.58 Å². The highest BCUT2D eigenvalue weighted by Crippen LogP contribution is 2.39. The number of nitrogens with one attached hydrogen (secondary N) is 2. The van der Waals surface area contributed by atoms with E-state index in [1.54, 1.807) is 0 Å². The van der Waals surface area contributed by atoms with Gasteiger partial charge in [-0.2, -0.15) is 4.98 Å². The van der Waals surface area contributed by atoms with Crippen LogP contribution >= 0.6 is 0 Å². The number of nitrogen functional groups attached to an aromatic ring is 2. The van der Waals surface area contributed by atoms with Crippen LogP contribution in [0.4, 0.5) is 11.8 Å². The Kier molecular flexibility index (Phi) is 7.92. The third-order valence-electron chi connectivity index (χ3n) is 6.34. The molecular formula is C23H28N8O9. The molecule has 17 heteroatoms. The first kappa shape index (κ1) is 27.4. The Morgan fingerprint density at radius 3 is 2.75 bits per heavy atom. The third-order valence-corrected chi connectivity index (χ3v) is 6.34. The second-order valence-corrected chi connectivity index (χ2v) is 8.84. The average Bonchev–Trinajstić information content (AvgIpc) is 3.59. The Bertz CT molecular complexity index is 1500. The lowest BCUT2D eigenvalue weighted by Crippen LogP contribution is -2.34. The van der Waals surface area contributed by atoms with Crippen molar-refractivity contribution in [1.29, 1.82) is 0 Å². The van der Waals surface area contributed by atoms with Crippen molar-refractivity contribution in [2.75, 3.05) is 37.6 Å². The van der Waals surface area contributed by atoms with E-state index in [0.29, 0.717) is 5.82 Å². The van der Waals surface area contributed by atoms with Gasteiger partial charge in [-0.3, -0.25) is 14.3 Å². The van der Waals surface area contributed by atoms with Gasteiger partial charge < -0.3 is 40.0 Å². The number of aliphatic hydroxyl groups excluding tert-OH is 1. The zero-order valence-corrected chi connectivity index (χ0v) is 21.1. The fourth-order valence-electron chi connectivity index (χ4n) is 4.62. The van der Waals surface area contributed by atoms with E-state index in [2.05, 4.69) is 27.0 Å². The van der Waals surface area contributed by atoms with E-state index in [1.165, 1.54) is 29.0 Å². The lowest BCUT2D eigenvalue weighted by atomic mass is 10.1. The van der Waals surface area contributed by atoms with Gasteiger partial charge >= 0.3 is 11.7 Å². The van der Waals surface area contributed by atoms with Crippen molar-refractivity contribution >= 4 is 28.9 Å². The number of imidazole rings is 1. The van der Waals surface area contributed by atoms with E-state index in [-0.39, 0.29) is 49.0 Å². The Morgan fingerprint density at radius 1 is 1.25 bits per heavy atom. The molecule has 0 amide bonds. The summed E-state index contributed by atoms with van der Waals surface area (Å²) in [5.74, 6) is 4.88. The molecule has 0 aliphatic carbocycles. The van der Waals surface area contributed by atoms with Gasteiger partial charge in [-0.25, -0.2) is 25.0 Å². The maximum absolute atomic E-state index is 13.4. The molecule has 0 bridgehead atoms. The number of hydrazine groups is 1. The highest BCUT2D eigenvalue weighted by molar-refractivity contribution is 5.89. The Hall–Kier alpha value is -4.13. The van der Waals surface area contributed by atoms with Crippen molar-refractivity contribution in [3.8, 4) is 0 Å². The number of carbonyl (C=O) groups excluding carboxylic acids is 1. The first-order chi connectivity index (χ1) is 19.4. The van der Waals surface area contributed by atoms with E-state index >= 15 is 0 Å². The van der Waals surface area contributed by atoms with Crippen LogP contribution in [-0.2, 0) is 30.2 Å². The number of aromatic nitrogens is 5. The number of ether oxygens (including phenoxy) is 5. The number of esters is 1. The summed E-state index contributed by atoms with van der Waals surface area (Å²) >= 11 is 0. The van der Waals surface area contributed by atoms with Crippen LogP contribution in [0.25, 0.3) is 11.2 Å². The van der Waals surface area contributed by atoms with Gasteiger partial charge in [0.25, 0.3) is 5.56 Å². The number of hydrogen-bond donors (Lipinski definition) is 5.